The maximum Gasteiger partial charge on any atom is 0.222 e. The molecule has 2 rings (SSSR count). The highest BCUT2D eigenvalue weighted by Gasteiger charge is 2.16. The fraction of sp³-hybridized carbons (Fsp3) is 0.714. The second kappa shape index (κ2) is 7.40. The summed E-state index contributed by atoms with van der Waals surface area (Å²) in [4.78, 5) is 15.9. The number of nitrogens with one attached hydrogen (secondary N) is 2. The lowest BCUT2D eigenvalue weighted by atomic mass is 10.1. The van der Waals surface area contributed by atoms with Crippen molar-refractivity contribution in [2.24, 2.45) is 0 Å². The number of rotatable bonds is 6. The van der Waals surface area contributed by atoms with Crippen molar-refractivity contribution in [1.82, 2.24) is 15.6 Å². The molecule has 6 heteroatoms. The highest BCUT2D eigenvalue weighted by atomic mass is 16.5. The lowest BCUT2D eigenvalue weighted by Crippen LogP contribution is -2.33. The first-order valence-electron chi connectivity index (χ1n) is 7.19. The monoisotopic (exact) mass is 281 g/mol. The standard InChI is InChI=1S/C14H23N3O3/c1-10-9-16-14(20-10)11(2)17-13(18)5-8-19-12-3-6-15-7-4-12/h9,11-12,15H,3-8H2,1-2H3,(H,17,18). The SMILES string of the molecule is Cc1cnc(C(C)NC(=O)CCOC2CCNCC2)o1. The van der Waals surface area contributed by atoms with Crippen LogP contribution in [0.25, 0.3) is 0 Å². The van der Waals surface area contributed by atoms with Gasteiger partial charge in [-0.1, -0.05) is 0 Å². The molecule has 1 atom stereocenters. The van der Waals surface area contributed by atoms with Gasteiger partial charge in [-0.3, -0.25) is 4.79 Å². The minimum Gasteiger partial charge on any atom is -0.444 e. The van der Waals surface area contributed by atoms with E-state index < -0.39 is 0 Å². The van der Waals surface area contributed by atoms with Gasteiger partial charge in [-0.15, -0.1) is 0 Å². The topological polar surface area (TPSA) is 76.4 Å². The number of oxazole rings is 1. The zero-order valence-corrected chi connectivity index (χ0v) is 12.1. The molecule has 1 saturated heterocycles. The minimum atomic E-state index is -0.213. The lowest BCUT2D eigenvalue weighted by Gasteiger charge is -2.22. The average molecular weight is 281 g/mol. The Bertz CT molecular complexity index is 427. The van der Waals surface area contributed by atoms with Crippen molar-refractivity contribution >= 4 is 5.91 Å². The molecule has 1 aliphatic heterocycles. The molecule has 0 spiro atoms. The maximum atomic E-state index is 11.8. The molecule has 1 aromatic heterocycles. The Morgan fingerprint density at radius 1 is 1.60 bits per heavy atom. The molecule has 0 radical (unpaired) electrons. The van der Waals surface area contributed by atoms with Gasteiger partial charge in [0.25, 0.3) is 0 Å². The van der Waals surface area contributed by atoms with Crippen LogP contribution in [0, 0.1) is 6.92 Å². The first-order chi connectivity index (χ1) is 9.65. The molecule has 1 aromatic rings. The van der Waals surface area contributed by atoms with Crippen LogP contribution in [0.15, 0.2) is 10.6 Å². The molecule has 1 aliphatic rings. The first-order valence-corrected chi connectivity index (χ1v) is 7.19. The molecule has 0 aliphatic carbocycles. The number of nitrogens with zero attached hydrogens (tertiary/aromatic N) is 1. The molecule has 2 heterocycles. The average Bonchev–Trinajstić information content (AvgIpc) is 2.87. The van der Waals surface area contributed by atoms with Gasteiger partial charge in [0.1, 0.15) is 11.8 Å². The summed E-state index contributed by atoms with van der Waals surface area (Å²) in [5.41, 5.74) is 0. The summed E-state index contributed by atoms with van der Waals surface area (Å²) in [7, 11) is 0. The number of ether oxygens (including phenoxy) is 1. The quantitative estimate of drug-likeness (QED) is 0.822. The van der Waals surface area contributed by atoms with Crippen LogP contribution >= 0.6 is 0 Å². The summed E-state index contributed by atoms with van der Waals surface area (Å²) in [6.07, 6.45) is 4.35. The van der Waals surface area contributed by atoms with Crippen molar-refractivity contribution in [1.29, 1.82) is 0 Å². The highest BCUT2D eigenvalue weighted by molar-refractivity contribution is 5.76. The molecule has 1 amide bonds. The lowest BCUT2D eigenvalue weighted by molar-refractivity contribution is -0.123. The van der Waals surface area contributed by atoms with E-state index in [0.717, 1.165) is 31.7 Å². The van der Waals surface area contributed by atoms with Crippen LogP contribution in [0.5, 0.6) is 0 Å². The van der Waals surface area contributed by atoms with Gasteiger partial charge in [0.2, 0.25) is 11.8 Å². The minimum absolute atomic E-state index is 0.0395. The van der Waals surface area contributed by atoms with Crippen molar-refractivity contribution in [3.8, 4) is 0 Å². The number of hydrogen-bond donors (Lipinski definition) is 2. The van der Waals surface area contributed by atoms with Gasteiger partial charge < -0.3 is 19.8 Å². The summed E-state index contributed by atoms with van der Waals surface area (Å²) in [5.74, 6) is 1.24. The number of hydrogen-bond acceptors (Lipinski definition) is 5. The van der Waals surface area contributed by atoms with E-state index in [1.807, 2.05) is 13.8 Å². The number of carbonyl (C=O) groups is 1. The molecule has 20 heavy (non-hydrogen) atoms. The Labute approximate surface area is 119 Å². The molecule has 6 nitrogen and oxygen atoms in total. The Balaban J connectivity index is 1.64. The van der Waals surface area contributed by atoms with Crippen LogP contribution in [-0.2, 0) is 9.53 Å². The predicted octanol–water partition coefficient (Wildman–Crippen LogP) is 1.32. The second-order valence-electron chi connectivity index (χ2n) is 5.17. The molecule has 2 N–H and O–H groups in total. The van der Waals surface area contributed by atoms with Crippen molar-refractivity contribution in [3.05, 3.63) is 17.8 Å². The van der Waals surface area contributed by atoms with Crippen molar-refractivity contribution < 1.29 is 13.9 Å². The number of aryl methyl sites for hydroxylation is 1. The summed E-state index contributed by atoms with van der Waals surface area (Å²) in [6, 6.07) is -0.213. The van der Waals surface area contributed by atoms with E-state index in [9.17, 15) is 4.79 Å². The van der Waals surface area contributed by atoms with Gasteiger partial charge in [-0.2, -0.15) is 0 Å². The van der Waals surface area contributed by atoms with Crippen LogP contribution in [0.1, 0.15) is 43.9 Å². The molecule has 1 fully saturated rings. The summed E-state index contributed by atoms with van der Waals surface area (Å²) < 4.78 is 11.1. The van der Waals surface area contributed by atoms with Crippen LogP contribution in [0.2, 0.25) is 0 Å². The maximum absolute atomic E-state index is 11.8. The van der Waals surface area contributed by atoms with Gasteiger partial charge in [0, 0.05) is 6.42 Å². The van der Waals surface area contributed by atoms with Crippen LogP contribution in [0.3, 0.4) is 0 Å². The second-order valence-corrected chi connectivity index (χ2v) is 5.17. The van der Waals surface area contributed by atoms with Gasteiger partial charge in [-0.25, -0.2) is 4.98 Å². The third-order valence-corrected chi connectivity index (χ3v) is 3.36. The summed E-state index contributed by atoms with van der Waals surface area (Å²) in [6.45, 7) is 6.15. The number of carbonyl (C=O) groups excluding carboxylic acids is 1. The van der Waals surface area contributed by atoms with E-state index in [1.54, 1.807) is 6.20 Å². The highest BCUT2D eigenvalue weighted by Crippen LogP contribution is 2.12. The van der Waals surface area contributed by atoms with Gasteiger partial charge in [0.15, 0.2) is 0 Å². The molecule has 0 bridgehead atoms. The molecule has 1 unspecified atom stereocenters. The summed E-state index contributed by atoms with van der Waals surface area (Å²) in [5, 5.41) is 6.14. The number of piperidine rings is 1. The van der Waals surface area contributed by atoms with E-state index in [4.69, 9.17) is 9.15 Å². The predicted molar refractivity (Wildman–Crippen MR) is 74.3 cm³/mol. The molecule has 112 valence electrons. The zero-order chi connectivity index (χ0) is 14.4. The zero-order valence-electron chi connectivity index (χ0n) is 12.1. The summed E-state index contributed by atoms with van der Waals surface area (Å²) >= 11 is 0. The van der Waals surface area contributed by atoms with Crippen LogP contribution in [0.4, 0.5) is 0 Å². The molecular formula is C14H23N3O3. The largest absolute Gasteiger partial charge is 0.444 e. The Hall–Kier alpha value is -1.40. The van der Waals surface area contributed by atoms with Crippen LogP contribution in [-0.4, -0.2) is 36.7 Å². The van der Waals surface area contributed by atoms with Crippen molar-refractivity contribution in [3.63, 3.8) is 0 Å². The normalized spacial score (nSPS) is 17.9. The van der Waals surface area contributed by atoms with E-state index in [2.05, 4.69) is 15.6 Å². The Morgan fingerprint density at radius 2 is 2.35 bits per heavy atom. The van der Waals surface area contributed by atoms with Gasteiger partial charge in [-0.05, 0) is 39.8 Å². The number of aromatic nitrogens is 1. The van der Waals surface area contributed by atoms with E-state index >= 15 is 0 Å². The van der Waals surface area contributed by atoms with Crippen molar-refractivity contribution in [2.45, 2.75) is 45.3 Å². The van der Waals surface area contributed by atoms with E-state index in [0.29, 0.717) is 18.9 Å². The molecule has 0 aromatic carbocycles. The third-order valence-electron chi connectivity index (χ3n) is 3.36. The first kappa shape index (κ1) is 15.0. The van der Waals surface area contributed by atoms with Gasteiger partial charge in [0.05, 0.1) is 18.9 Å². The molecular weight excluding hydrogens is 258 g/mol. The van der Waals surface area contributed by atoms with Gasteiger partial charge >= 0.3 is 0 Å². The van der Waals surface area contributed by atoms with E-state index in [-0.39, 0.29) is 18.1 Å². The van der Waals surface area contributed by atoms with E-state index in [1.165, 1.54) is 0 Å². The van der Waals surface area contributed by atoms with Crippen molar-refractivity contribution in [2.75, 3.05) is 19.7 Å². The third kappa shape index (κ3) is 4.61. The smallest absolute Gasteiger partial charge is 0.222 e. The Morgan fingerprint density at radius 3 is 3.00 bits per heavy atom. The molecule has 0 saturated carbocycles. The number of amides is 1. The fourth-order valence-corrected chi connectivity index (χ4v) is 2.23. The van der Waals surface area contributed by atoms with Crippen LogP contribution < -0.4 is 10.6 Å². The Kier molecular flexibility index (Phi) is 5.55. The fourth-order valence-electron chi connectivity index (χ4n) is 2.23.